The second-order valence-corrected chi connectivity index (χ2v) is 4.45. The van der Waals surface area contributed by atoms with E-state index in [-0.39, 0.29) is 12.5 Å². The number of carbonyl (C=O) groups is 1. The van der Waals surface area contributed by atoms with Crippen molar-refractivity contribution in [3.63, 3.8) is 0 Å². The molecular weight excluding hydrogens is 282 g/mol. The normalized spacial score (nSPS) is 10.9. The van der Waals surface area contributed by atoms with E-state index in [2.05, 4.69) is 15.5 Å². The minimum atomic E-state index is -0.235. The molecule has 6 heteroatoms. The van der Waals surface area contributed by atoms with Crippen LogP contribution in [0.5, 0.6) is 0 Å². The molecule has 0 bridgehead atoms. The molecule has 1 N–H and O–H groups in total. The van der Waals surface area contributed by atoms with E-state index in [1.54, 1.807) is 18.2 Å². The first-order valence-electron chi connectivity index (χ1n) is 6.69. The summed E-state index contributed by atoms with van der Waals surface area (Å²) in [4.78, 5) is 15.9. The number of carbonyl (C=O) groups excluding carboxylic acids is 1. The van der Waals surface area contributed by atoms with E-state index >= 15 is 0 Å². The van der Waals surface area contributed by atoms with E-state index in [9.17, 15) is 4.79 Å². The van der Waals surface area contributed by atoms with Crippen LogP contribution in [0.15, 0.2) is 63.7 Å². The molecule has 2 heterocycles. The lowest BCUT2D eigenvalue weighted by Gasteiger charge is -1.96. The molecule has 110 valence electrons. The van der Waals surface area contributed by atoms with Gasteiger partial charge in [-0.15, -0.1) is 0 Å². The number of benzene rings is 1. The molecule has 0 aliphatic carbocycles. The molecule has 0 fully saturated rings. The Morgan fingerprint density at radius 2 is 2.05 bits per heavy atom. The summed E-state index contributed by atoms with van der Waals surface area (Å²) >= 11 is 0. The third-order valence-corrected chi connectivity index (χ3v) is 2.85. The van der Waals surface area contributed by atoms with Crippen LogP contribution in [0.2, 0.25) is 0 Å². The van der Waals surface area contributed by atoms with Crippen LogP contribution in [0.25, 0.3) is 17.7 Å². The van der Waals surface area contributed by atoms with Crippen LogP contribution in [0.3, 0.4) is 0 Å². The van der Waals surface area contributed by atoms with Crippen LogP contribution in [0, 0.1) is 0 Å². The average Bonchev–Trinajstić information content (AvgIpc) is 3.22. The van der Waals surface area contributed by atoms with Gasteiger partial charge in [0.05, 0.1) is 12.8 Å². The largest absolute Gasteiger partial charge is 0.461 e. The van der Waals surface area contributed by atoms with E-state index in [4.69, 9.17) is 8.94 Å². The van der Waals surface area contributed by atoms with E-state index in [0.717, 1.165) is 5.56 Å². The summed E-state index contributed by atoms with van der Waals surface area (Å²) in [5.74, 6) is 0.953. The number of furan rings is 1. The molecule has 2 aromatic heterocycles. The smallest absolute Gasteiger partial charge is 0.246 e. The maximum Gasteiger partial charge on any atom is 0.246 e. The zero-order chi connectivity index (χ0) is 15.2. The van der Waals surface area contributed by atoms with Crippen molar-refractivity contribution in [2.24, 2.45) is 0 Å². The van der Waals surface area contributed by atoms with E-state index in [1.165, 1.54) is 12.3 Å². The number of hydrogen-bond donors (Lipinski definition) is 1. The van der Waals surface area contributed by atoms with Crippen LogP contribution < -0.4 is 5.32 Å². The Bertz CT molecular complexity index is 761. The molecule has 0 saturated heterocycles. The highest BCUT2D eigenvalue weighted by molar-refractivity contribution is 5.91. The van der Waals surface area contributed by atoms with Crippen molar-refractivity contribution < 1.29 is 13.7 Å². The van der Waals surface area contributed by atoms with Crippen molar-refractivity contribution in [1.82, 2.24) is 15.5 Å². The topological polar surface area (TPSA) is 81.2 Å². The second-order valence-electron chi connectivity index (χ2n) is 4.45. The van der Waals surface area contributed by atoms with Gasteiger partial charge in [0.15, 0.2) is 5.76 Å². The first-order valence-corrected chi connectivity index (χ1v) is 6.69. The molecule has 0 unspecified atom stereocenters. The molecule has 0 saturated carbocycles. The molecule has 3 rings (SSSR count). The summed E-state index contributed by atoms with van der Waals surface area (Å²) in [6, 6.07) is 13.0. The third-order valence-electron chi connectivity index (χ3n) is 2.85. The Balaban J connectivity index is 1.54. The molecular formula is C16H13N3O3. The summed E-state index contributed by atoms with van der Waals surface area (Å²) in [6.45, 7) is 0.158. The van der Waals surface area contributed by atoms with Crippen molar-refractivity contribution in [1.29, 1.82) is 0 Å². The van der Waals surface area contributed by atoms with Gasteiger partial charge in [0.25, 0.3) is 0 Å². The predicted molar refractivity (Wildman–Crippen MR) is 79.3 cm³/mol. The molecule has 0 aliphatic heterocycles. The van der Waals surface area contributed by atoms with Gasteiger partial charge in [0, 0.05) is 6.08 Å². The second kappa shape index (κ2) is 6.53. The summed E-state index contributed by atoms with van der Waals surface area (Å²) in [7, 11) is 0. The van der Waals surface area contributed by atoms with Crippen molar-refractivity contribution in [3.05, 3.63) is 66.3 Å². The number of rotatable bonds is 5. The van der Waals surface area contributed by atoms with Crippen LogP contribution in [-0.2, 0) is 11.3 Å². The van der Waals surface area contributed by atoms with Gasteiger partial charge in [-0.1, -0.05) is 35.5 Å². The molecule has 0 atom stereocenters. The molecule has 0 aliphatic rings. The van der Waals surface area contributed by atoms with Gasteiger partial charge in [-0.3, -0.25) is 4.79 Å². The molecule has 1 aromatic carbocycles. The molecule has 0 radical (unpaired) electrons. The SMILES string of the molecule is O=C(/C=C/c1ccccc1)NCc1nc(-c2ccco2)no1. The number of amides is 1. The minimum absolute atomic E-state index is 0.158. The average molecular weight is 295 g/mol. The van der Waals surface area contributed by atoms with Crippen molar-refractivity contribution in [3.8, 4) is 11.6 Å². The zero-order valence-corrected chi connectivity index (χ0v) is 11.6. The highest BCUT2D eigenvalue weighted by Crippen LogP contribution is 2.15. The number of hydrogen-bond acceptors (Lipinski definition) is 5. The first-order chi connectivity index (χ1) is 10.8. The van der Waals surface area contributed by atoms with Gasteiger partial charge in [0.2, 0.25) is 17.6 Å². The van der Waals surface area contributed by atoms with Crippen LogP contribution in [0.1, 0.15) is 11.5 Å². The Morgan fingerprint density at radius 3 is 2.82 bits per heavy atom. The maximum atomic E-state index is 11.7. The standard InChI is InChI=1S/C16H13N3O3/c20-14(9-8-12-5-2-1-3-6-12)17-11-15-18-16(19-22-15)13-7-4-10-21-13/h1-10H,11H2,(H,17,20)/b9-8+. The van der Waals surface area contributed by atoms with Gasteiger partial charge in [-0.2, -0.15) is 4.98 Å². The number of nitrogens with one attached hydrogen (secondary N) is 1. The van der Waals surface area contributed by atoms with Crippen LogP contribution in [0.4, 0.5) is 0 Å². The van der Waals surface area contributed by atoms with Gasteiger partial charge >= 0.3 is 0 Å². The monoisotopic (exact) mass is 295 g/mol. The Hall–Kier alpha value is -3.15. The summed E-state index contributed by atoms with van der Waals surface area (Å²) in [6.07, 6.45) is 4.72. The van der Waals surface area contributed by atoms with Crippen molar-refractivity contribution in [2.45, 2.75) is 6.54 Å². The quantitative estimate of drug-likeness (QED) is 0.732. The maximum absolute atomic E-state index is 11.7. The van der Waals surface area contributed by atoms with Gasteiger partial charge in [0.1, 0.15) is 0 Å². The highest BCUT2D eigenvalue weighted by atomic mass is 16.5. The fourth-order valence-corrected chi connectivity index (χ4v) is 1.79. The fraction of sp³-hybridized carbons (Fsp3) is 0.0625. The molecule has 6 nitrogen and oxygen atoms in total. The van der Waals surface area contributed by atoms with E-state index in [0.29, 0.717) is 17.5 Å². The van der Waals surface area contributed by atoms with Crippen LogP contribution in [-0.4, -0.2) is 16.0 Å². The molecule has 3 aromatic rings. The van der Waals surface area contributed by atoms with E-state index in [1.807, 2.05) is 30.3 Å². The summed E-state index contributed by atoms with van der Waals surface area (Å²) in [5, 5.41) is 6.46. The Morgan fingerprint density at radius 1 is 1.18 bits per heavy atom. The van der Waals surface area contributed by atoms with Crippen molar-refractivity contribution in [2.75, 3.05) is 0 Å². The Labute approximate surface area is 126 Å². The van der Waals surface area contributed by atoms with Crippen molar-refractivity contribution >= 4 is 12.0 Å². The van der Waals surface area contributed by atoms with Gasteiger partial charge < -0.3 is 14.3 Å². The number of aromatic nitrogens is 2. The summed E-state index contributed by atoms with van der Waals surface area (Å²) < 4.78 is 10.2. The van der Waals surface area contributed by atoms with E-state index < -0.39 is 0 Å². The third kappa shape index (κ3) is 3.49. The van der Waals surface area contributed by atoms with Gasteiger partial charge in [-0.25, -0.2) is 0 Å². The van der Waals surface area contributed by atoms with Crippen LogP contribution >= 0.6 is 0 Å². The fourth-order valence-electron chi connectivity index (χ4n) is 1.79. The Kier molecular flexibility index (Phi) is 4.10. The predicted octanol–water partition coefficient (Wildman–Crippen LogP) is 2.66. The lowest BCUT2D eigenvalue weighted by Crippen LogP contribution is -2.20. The minimum Gasteiger partial charge on any atom is -0.461 e. The lowest BCUT2D eigenvalue weighted by atomic mass is 10.2. The lowest BCUT2D eigenvalue weighted by molar-refractivity contribution is -0.116. The molecule has 22 heavy (non-hydrogen) atoms. The number of nitrogens with zero attached hydrogens (tertiary/aromatic N) is 2. The van der Waals surface area contributed by atoms with Gasteiger partial charge in [-0.05, 0) is 23.8 Å². The zero-order valence-electron chi connectivity index (χ0n) is 11.6. The highest BCUT2D eigenvalue weighted by Gasteiger charge is 2.10. The first kappa shape index (κ1) is 13.8. The molecule has 1 amide bonds. The molecule has 0 spiro atoms. The summed E-state index contributed by atoms with van der Waals surface area (Å²) in [5.41, 5.74) is 0.954.